The zero-order valence-electron chi connectivity index (χ0n) is 15.0. The molecule has 0 aliphatic carbocycles. The number of carbonyl (C=O) groups excluding carboxylic acids is 3. The first kappa shape index (κ1) is 19.6. The molecule has 0 saturated heterocycles. The molecule has 0 saturated carbocycles. The molecule has 3 aromatic rings. The largest absolute Gasteiger partial charge is 0.468 e. The highest BCUT2D eigenvalue weighted by molar-refractivity contribution is 9.10. The number of anilines is 1. The summed E-state index contributed by atoms with van der Waals surface area (Å²) in [5, 5.41) is 6.23. The number of hydrogen-bond acceptors (Lipinski definition) is 4. The van der Waals surface area contributed by atoms with Gasteiger partial charge in [0, 0.05) is 16.6 Å². The molecule has 28 heavy (non-hydrogen) atoms. The number of rotatable bonds is 6. The topological polar surface area (TPSA) is 100 Å². The van der Waals surface area contributed by atoms with Crippen LogP contribution in [0.4, 0.5) is 5.69 Å². The van der Waals surface area contributed by atoms with E-state index in [0.717, 1.165) is 16.5 Å². The molecule has 0 spiro atoms. The molecule has 0 aliphatic rings. The number of para-hydroxylation sites is 1. The summed E-state index contributed by atoms with van der Waals surface area (Å²) in [6.45, 7) is -0.164. The predicted molar refractivity (Wildman–Crippen MR) is 109 cm³/mol. The van der Waals surface area contributed by atoms with E-state index in [9.17, 15) is 14.4 Å². The Kier molecular flexibility index (Phi) is 6.10. The van der Waals surface area contributed by atoms with Gasteiger partial charge in [-0.3, -0.25) is 14.4 Å². The van der Waals surface area contributed by atoms with Gasteiger partial charge in [-0.2, -0.15) is 0 Å². The number of carbonyl (C=O) groups is 3. The number of aromatic nitrogens is 1. The van der Waals surface area contributed by atoms with Crippen LogP contribution >= 0.6 is 15.9 Å². The van der Waals surface area contributed by atoms with E-state index in [1.165, 1.54) is 7.11 Å². The van der Waals surface area contributed by atoms with Crippen molar-refractivity contribution in [3.05, 3.63) is 64.3 Å². The molecule has 3 N–H and O–H groups in total. The van der Waals surface area contributed by atoms with Crippen molar-refractivity contribution in [2.75, 3.05) is 19.0 Å². The van der Waals surface area contributed by atoms with Crippen molar-refractivity contribution in [3.8, 4) is 0 Å². The van der Waals surface area contributed by atoms with Crippen LogP contribution in [0.15, 0.2) is 53.0 Å². The number of halogens is 1. The second-order valence-electron chi connectivity index (χ2n) is 6.04. The highest BCUT2D eigenvalue weighted by Crippen LogP contribution is 2.28. The number of ether oxygens (including phenoxy) is 1. The van der Waals surface area contributed by atoms with E-state index in [-0.39, 0.29) is 24.8 Å². The quantitative estimate of drug-likeness (QED) is 0.509. The number of aromatic amines is 1. The van der Waals surface area contributed by atoms with Crippen LogP contribution in [0.3, 0.4) is 0 Å². The summed E-state index contributed by atoms with van der Waals surface area (Å²) in [4.78, 5) is 38.5. The van der Waals surface area contributed by atoms with E-state index in [4.69, 9.17) is 0 Å². The van der Waals surface area contributed by atoms with Crippen LogP contribution in [-0.4, -0.2) is 36.4 Å². The van der Waals surface area contributed by atoms with Crippen molar-refractivity contribution in [2.24, 2.45) is 0 Å². The third-order valence-electron chi connectivity index (χ3n) is 4.10. The molecule has 2 amide bonds. The molecular weight excluding hydrogens is 426 g/mol. The Hall–Kier alpha value is -3.13. The molecule has 7 nitrogen and oxygen atoms in total. The van der Waals surface area contributed by atoms with Gasteiger partial charge in [-0.25, -0.2) is 0 Å². The molecule has 0 atom stereocenters. The third kappa shape index (κ3) is 4.58. The number of benzene rings is 2. The fraction of sp³-hybridized carbons (Fsp3) is 0.150. The Morgan fingerprint density at radius 3 is 2.46 bits per heavy atom. The molecule has 1 heterocycles. The first-order valence-electron chi connectivity index (χ1n) is 8.48. The van der Waals surface area contributed by atoms with Gasteiger partial charge < -0.3 is 20.4 Å². The molecular formula is C20H18BrN3O4. The summed E-state index contributed by atoms with van der Waals surface area (Å²) in [5.41, 5.74) is 2.67. The summed E-state index contributed by atoms with van der Waals surface area (Å²) >= 11 is 3.47. The molecule has 3 rings (SSSR count). The Morgan fingerprint density at radius 1 is 1.07 bits per heavy atom. The van der Waals surface area contributed by atoms with Gasteiger partial charge in [0.15, 0.2) is 0 Å². The normalized spacial score (nSPS) is 10.5. The van der Waals surface area contributed by atoms with Gasteiger partial charge in [0.25, 0.3) is 5.91 Å². The van der Waals surface area contributed by atoms with Crippen LogP contribution in [0.5, 0.6) is 0 Å². The SMILES string of the molecule is COC(=O)CNC(=O)Cc1ccc(NC(=O)c2[nH]c3ccccc3c2Br)cc1. The van der Waals surface area contributed by atoms with Crippen molar-refractivity contribution >= 4 is 50.3 Å². The van der Waals surface area contributed by atoms with Gasteiger partial charge >= 0.3 is 5.97 Å². The Bertz CT molecular complexity index is 1030. The molecule has 0 bridgehead atoms. The zero-order valence-corrected chi connectivity index (χ0v) is 16.6. The number of hydrogen-bond donors (Lipinski definition) is 3. The van der Waals surface area contributed by atoms with Crippen LogP contribution < -0.4 is 10.6 Å². The van der Waals surface area contributed by atoms with Gasteiger partial charge in [-0.1, -0.05) is 30.3 Å². The lowest BCUT2D eigenvalue weighted by Gasteiger charge is -2.07. The Labute approximate surface area is 169 Å². The molecule has 0 fully saturated rings. The monoisotopic (exact) mass is 443 g/mol. The highest BCUT2D eigenvalue weighted by atomic mass is 79.9. The summed E-state index contributed by atoms with van der Waals surface area (Å²) in [5.74, 6) is -1.06. The molecule has 1 aromatic heterocycles. The first-order chi connectivity index (χ1) is 13.5. The number of methoxy groups -OCH3 is 1. The molecule has 8 heteroatoms. The number of esters is 1. The van der Waals surface area contributed by atoms with E-state index < -0.39 is 5.97 Å². The average Bonchev–Trinajstić information content (AvgIpc) is 3.04. The lowest BCUT2D eigenvalue weighted by molar-refractivity contribution is -0.141. The Balaban J connectivity index is 1.62. The highest BCUT2D eigenvalue weighted by Gasteiger charge is 2.16. The molecule has 0 radical (unpaired) electrons. The maximum atomic E-state index is 12.6. The lowest BCUT2D eigenvalue weighted by Crippen LogP contribution is -2.31. The first-order valence-corrected chi connectivity index (χ1v) is 9.27. The van der Waals surface area contributed by atoms with Gasteiger partial charge in [0.2, 0.25) is 5.91 Å². The van der Waals surface area contributed by atoms with E-state index in [2.05, 4.69) is 36.3 Å². The van der Waals surface area contributed by atoms with Gasteiger partial charge in [0.1, 0.15) is 12.2 Å². The van der Waals surface area contributed by atoms with Crippen LogP contribution in [0.2, 0.25) is 0 Å². The van der Waals surface area contributed by atoms with Crippen LogP contribution in [-0.2, 0) is 20.7 Å². The summed E-state index contributed by atoms with van der Waals surface area (Å²) in [7, 11) is 1.26. The minimum absolute atomic E-state index is 0.124. The number of nitrogens with one attached hydrogen (secondary N) is 3. The fourth-order valence-corrected chi connectivity index (χ4v) is 3.28. The fourth-order valence-electron chi connectivity index (χ4n) is 2.65. The van der Waals surface area contributed by atoms with Gasteiger partial charge in [-0.05, 0) is 39.7 Å². The van der Waals surface area contributed by atoms with E-state index in [1.54, 1.807) is 24.3 Å². The average molecular weight is 444 g/mol. The van der Waals surface area contributed by atoms with Gasteiger partial charge in [-0.15, -0.1) is 0 Å². The van der Waals surface area contributed by atoms with E-state index >= 15 is 0 Å². The maximum absolute atomic E-state index is 12.6. The molecule has 0 unspecified atom stereocenters. The molecule has 0 aliphatic heterocycles. The standard InChI is InChI=1S/C20H18BrN3O4/c1-28-17(26)11-22-16(25)10-12-6-8-13(9-7-12)23-20(27)19-18(21)14-4-2-3-5-15(14)24-19/h2-9,24H,10-11H2,1H3,(H,22,25)(H,23,27). The van der Waals surface area contributed by atoms with Crippen molar-refractivity contribution in [1.82, 2.24) is 10.3 Å². The number of H-pyrrole nitrogens is 1. The lowest BCUT2D eigenvalue weighted by atomic mass is 10.1. The smallest absolute Gasteiger partial charge is 0.325 e. The molecule has 2 aromatic carbocycles. The summed E-state index contributed by atoms with van der Waals surface area (Å²) in [6, 6.07) is 14.6. The number of amides is 2. The number of fused-ring (bicyclic) bond motifs is 1. The van der Waals surface area contributed by atoms with Crippen LogP contribution in [0.25, 0.3) is 10.9 Å². The van der Waals surface area contributed by atoms with Crippen LogP contribution in [0.1, 0.15) is 16.1 Å². The second-order valence-corrected chi connectivity index (χ2v) is 6.83. The summed E-state index contributed by atoms with van der Waals surface area (Å²) < 4.78 is 5.18. The van der Waals surface area contributed by atoms with E-state index in [1.807, 2.05) is 24.3 Å². The molecule has 144 valence electrons. The van der Waals surface area contributed by atoms with Crippen LogP contribution in [0, 0.1) is 0 Å². The van der Waals surface area contributed by atoms with Crippen molar-refractivity contribution in [1.29, 1.82) is 0 Å². The maximum Gasteiger partial charge on any atom is 0.325 e. The minimum atomic E-state index is -0.505. The third-order valence-corrected chi connectivity index (χ3v) is 4.93. The van der Waals surface area contributed by atoms with Gasteiger partial charge in [0.05, 0.1) is 18.0 Å². The summed E-state index contributed by atoms with van der Waals surface area (Å²) in [6.07, 6.45) is 0.124. The van der Waals surface area contributed by atoms with Crippen molar-refractivity contribution < 1.29 is 19.1 Å². The Morgan fingerprint density at radius 2 is 1.79 bits per heavy atom. The zero-order chi connectivity index (χ0) is 20.1. The predicted octanol–water partition coefficient (Wildman–Crippen LogP) is 3.01. The van der Waals surface area contributed by atoms with Crippen molar-refractivity contribution in [3.63, 3.8) is 0 Å². The minimum Gasteiger partial charge on any atom is -0.468 e. The van der Waals surface area contributed by atoms with Crippen molar-refractivity contribution in [2.45, 2.75) is 6.42 Å². The second kappa shape index (κ2) is 8.71. The van der Waals surface area contributed by atoms with E-state index in [0.29, 0.717) is 15.9 Å².